The number of aliphatic imine (C=N–C) groups is 2. The fourth-order valence-electron chi connectivity index (χ4n) is 2.87. The Balaban J connectivity index is 1.73. The Morgan fingerprint density at radius 1 is 1.21 bits per heavy atom. The molecule has 2 aromatic rings. The number of benzene rings is 2. The number of carbonyl (C=O) groups is 1. The van der Waals surface area contributed by atoms with Crippen LogP contribution in [0.3, 0.4) is 0 Å². The Morgan fingerprint density at radius 3 is 2.71 bits per heavy atom. The van der Waals surface area contributed by atoms with Gasteiger partial charge >= 0.3 is 0 Å². The zero-order chi connectivity index (χ0) is 24.7. The number of sulfonamides is 1. The number of nitrogens with zero attached hydrogens (tertiary/aromatic N) is 2. The molecule has 1 amide bonds. The smallest absolute Gasteiger partial charge is 0.253 e. The van der Waals surface area contributed by atoms with Crippen LogP contribution in [0.15, 0.2) is 74.8 Å². The minimum atomic E-state index is -3.90. The Kier molecular flexibility index (Phi) is 8.46. The van der Waals surface area contributed by atoms with Gasteiger partial charge in [0.25, 0.3) is 5.91 Å². The van der Waals surface area contributed by atoms with Crippen LogP contribution < -0.4 is 10.0 Å². The van der Waals surface area contributed by atoms with Gasteiger partial charge in [0.1, 0.15) is 11.6 Å². The van der Waals surface area contributed by atoms with Gasteiger partial charge in [-0.3, -0.25) is 19.5 Å². The molecule has 2 N–H and O–H groups in total. The lowest BCUT2D eigenvalue weighted by molar-refractivity contribution is 0.0951. The molecule has 0 aliphatic carbocycles. The molecule has 1 atom stereocenters. The number of carbonyl (C=O) groups excluding carboxylic acids is 1. The van der Waals surface area contributed by atoms with Crippen molar-refractivity contribution >= 4 is 50.0 Å². The summed E-state index contributed by atoms with van der Waals surface area (Å²) in [5.41, 5.74) is 0.882. The summed E-state index contributed by atoms with van der Waals surface area (Å²) in [6.45, 7) is 1.71. The Hall–Kier alpha value is -3.18. The van der Waals surface area contributed by atoms with Crippen LogP contribution in [0.2, 0.25) is 0 Å². The normalized spacial score (nSPS) is 15.6. The number of allylic oxidation sites excluding steroid dienone is 2. The van der Waals surface area contributed by atoms with Gasteiger partial charge in [0.2, 0.25) is 10.0 Å². The minimum absolute atomic E-state index is 0.0435. The molecule has 0 radical (unpaired) electrons. The predicted molar refractivity (Wildman–Crippen MR) is 133 cm³/mol. The number of halogens is 3. The van der Waals surface area contributed by atoms with Crippen molar-refractivity contribution < 1.29 is 22.0 Å². The summed E-state index contributed by atoms with van der Waals surface area (Å²) in [7, 11) is -3.90. The van der Waals surface area contributed by atoms with E-state index in [1.165, 1.54) is 31.2 Å². The maximum atomic E-state index is 13.9. The molecule has 1 aliphatic heterocycles. The zero-order valence-electron chi connectivity index (χ0n) is 18.0. The maximum Gasteiger partial charge on any atom is 0.253 e. The summed E-state index contributed by atoms with van der Waals surface area (Å²) < 4.78 is 55.6. The number of hydrogen-bond donors (Lipinski definition) is 2. The quantitative estimate of drug-likeness (QED) is 0.510. The largest absolute Gasteiger partial charge is 0.348 e. The molecular weight excluding hydrogens is 530 g/mol. The van der Waals surface area contributed by atoms with E-state index in [2.05, 4.69) is 36.0 Å². The van der Waals surface area contributed by atoms with E-state index in [1.54, 1.807) is 30.6 Å². The first-order valence-corrected chi connectivity index (χ1v) is 12.4. The lowest BCUT2D eigenvalue weighted by atomic mass is 10.1. The van der Waals surface area contributed by atoms with E-state index in [-0.39, 0.29) is 23.4 Å². The van der Waals surface area contributed by atoms with Gasteiger partial charge in [-0.15, -0.1) is 0 Å². The van der Waals surface area contributed by atoms with Crippen molar-refractivity contribution in [2.24, 2.45) is 9.98 Å². The van der Waals surface area contributed by atoms with Crippen LogP contribution in [0.4, 0.5) is 14.5 Å². The fraction of sp³-hybridized carbons (Fsp3) is 0.174. The van der Waals surface area contributed by atoms with Crippen LogP contribution in [-0.4, -0.2) is 38.5 Å². The summed E-state index contributed by atoms with van der Waals surface area (Å²) in [6.07, 6.45) is 7.88. The Bertz CT molecular complexity index is 1310. The first-order valence-electron chi connectivity index (χ1n) is 10.1. The molecule has 0 bridgehead atoms. The fourth-order valence-corrected chi connectivity index (χ4v) is 4.19. The van der Waals surface area contributed by atoms with Crippen molar-refractivity contribution in [3.63, 3.8) is 0 Å². The molecule has 34 heavy (non-hydrogen) atoms. The highest BCUT2D eigenvalue weighted by Gasteiger charge is 2.22. The third kappa shape index (κ3) is 6.91. The Labute approximate surface area is 204 Å². The highest BCUT2D eigenvalue weighted by Crippen LogP contribution is 2.24. The van der Waals surface area contributed by atoms with Crippen molar-refractivity contribution in [2.75, 3.05) is 11.3 Å². The van der Waals surface area contributed by atoms with Crippen LogP contribution in [0.5, 0.6) is 0 Å². The number of anilines is 1. The van der Waals surface area contributed by atoms with Gasteiger partial charge in [-0.05, 0) is 37.3 Å². The van der Waals surface area contributed by atoms with E-state index in [1.807, 2.05) is 0 Å². The van der Waals surface area contributed by atoms with Crippen LogP contribution in [0.25, 0.3) is 0 Å². The number of amides is 1. The molecule has 7 nitrogen and oxygen atoms in total. The SMILES string of the molecule is CC(/C=C\C=C1/CN=CC=N1)S(=O)(=O)Nc1cc(Br)ccc1C(=O)NCc1ccc(F)cc1F. The summed E-state index contributed by atoms with van der Waals surface area (Å²) in [4.78, 5) is 20.9. The molecule has 1 unspecified atom stereocenters. The van der Waals surface area contributed by atoms with Crippen LogP contribution in [-0.2, 0) is 16.6 Å². The summed E-state index contributed by atoms with van der Waals surface area (Å²) in [5.74, 6) is -2.15. The molecule has 0 saturated carbocycles. The topological polar surface area (TPSA) is 100.0 Å². The zero-order valence-corrected chi connectivity index (χ0v) is 20.4. The second-order valence-electron chi connectivity index (χ2n) is 7.27. The first kappa shape index (κ1) is 25.4. The molecular formula is C23H21BrF2N4O3S. The highest BCUT2D eigenvalue weighted by molar-refractivity contribution is 9.10. The summed E-state index contributed by atoms with van der Waals surface area (Å²) in [6, 6.07) is 7.50. The monoisotopic (exact) mass is 550 g/mol. The van der Waals surface area contributed by atoms with Crippen molar-refractivity contribution in [2.45, 2.75) is 18.7 Å². The Morgan fingerprint density at radius 2 is 2.00 bits per heavy atom. The van der Waals surface area contributed by atoms with Gasteiger partial charge in [-0.1, -0.05) is 34.1 Å². The van der Waals surface area contributed by atoms with Gasteiger partial charge in [0.15, 0.2) is 0 Å². The van der Waals surface area contributed by atoms with Crippen molar-refractivity contribution in [3.8, 4) is 0 Å². The van der Waals surface area contributed by atoms with E-state index < -0.39 is 32.8 Å². The molecule has 11 heteroatoms. The third-order valence-corrected chi connectivity index (χ3v) is 6.89. The van der Waals surface area contributed by atoms with Crippen LogP contribution in [0.1, 0.15) is 22.8 Å². The van der Waals surface area contributed by atoms with Crippen molar-refractivity contribution in [1.29, 1.82) is 0 Å². The van der Waals surface area contributed by atoms with E-state index in [0.717, 1.165) is 12.1 Å². The van der Waals surface area contributed by atoms with Gasteiger partial charge in [0.05, 0.1) is 28.7 Å². The van der Waals surface area contributed by atoms with E-state index in [4.69, 9.17) is 0 Å². The molecule has 3 rings (SSSR count). The van der Waals surface area contributed by atoms with E-state index in [9.17, 15) is 22.0 Å². The lowest BCUT2D eigenvalue weighted by Crippen LogP contribution is -2.28. The molecule has 0 fully saturated rings. The van der Waals surface area contributed by atoms with Gasteiger partial charge in [0, 0.05) is 35.1 Å². The molecule has 0 saturated heterocycles. The summed E-state index contributed by atoms with van der Waals surface area (Å²) in [5, 5.41) is 1.60. The average molecular weight is 551 g/mol. The van der Waals surface area contributed by atoms with Gasteiger partial charge in [-0.25, -0.2) is 17.2 Å². The van der Waals surface area contributed by atoms with Crippen molar-refractivity contribution in [3.05, 3.63) is 87.6 Å². The van der Waals surface area contributed by atoms with Crippen molar-refractivity contribution in [1.82, 2.24) is 5.32 Å². The molecule has 178 valence electrons. The number of hydrogen-bond acceptors (Lipinski definition) is 5. The second kappa shape index (κ2) is 11.3. The predicted octanol–water partition coefficient (Wildman–Crippen LogP) is 4.38. The van der Waals surface area contributed by atoms with Crippen LogP contribution >= 0.6 is 15.9 Å². The highest BCUT2D eigenvalue weighted by atomic mass is 79.9. The number of rotatable bonds is 8. The lowest BCUT2D eigenvalue weighted by Gasteiger charge is -2.16. The first-order chi connectivity index (χ1) is 16.2. The van der Waals surface area contributed by atoms with Crippen LogP contribution in [0, 0.1) is 11.6 Å². The van der Waals surface area contributed by atoms with E-state index >= 15 is 0 Å². The standard InChI is InChI=1S/C23H21BrF2N4O3S/c1-15(3-2-4-19-14-27-9-10-28-19)34(32,33)30-22-11-17(24)6-8-20(22)23(31)29-13-16-5-7-18(25)12-21(16)26/h2-12,15,30H,13-14H2,1H3,(H,29,31)/b3-2-,19-4+. The summed E-state index contributed by atoms with van der Waals surface area (Å²) >= 11 is 3.27. The maximum absolute atomic E-state index is 13.9. The van der Waals surface area contributed by atoms with Gasteiger partial charge < -0.3 is 5.32 Å². The molecule has 0 spiro atoms. The second-order valence-corrected chi connectivity index (χ2v) is 10.2. The third-order valence-electron chi connectivity index (χ3n) is 4.76. The molecule has 0 aromatic heterocycles. The molecule has 1 heterocycles. The number of nitrogens with one attached hydrogen (secondary N) is 2. The molecule has 1 aliphatic rings. The van der Waals surface area contributed by atoms with E-state index in [0.29, 0.717) is 16.7 Å². The van der Waals surface area contributed by atoms with Gasteiger partial charge in [-0.2, -0.15) is 0 Å². The molecule has 2 aromatic carbocycles. The minimum Gasteiger partial charge on any atom is -0.348 e. The average Bonchev–Trinajstić information content (AvgIpc) is 2.79.